The summed E-state index contributed by atoms with van der Waals surface area (Å²) >= 11 is 0. The maximum Gasteiger partial charge on any atom is 0.0700 e. The molecule has 2 heterocycles. The third-order valence-corrected chi connectivity index (χ3v) is 3.23. The second-order valence-corrected chi connectivity index (χ2v) is 4.50. The molecule has 2 rings (SSSR count). The van der Waals surface area contributed by atoms with Crippen LogP contribution in [-0.2, 0) is 11.2 Å². The molecule has 1 unspecified atom stereocenters. The van der Waals surface area contributed by atoms with Crippen molar-refractivity contribution in [1.29, 1.82) is 0 Å². The molecule has 16 heavy (non-hydrogen) atoms. The van der Waals surface area contributed by atoms with Crippen LogP contribution in [-0.4, -0.2) is 36.0 Å². The van der Waals surface area contributed by atoms with Gasteiger partial charge in [-0.2, -0.15) is 5.10 Å². The lowest BCUT2D eigenvalue weighted by Gasteiger charge is -2.10. The average Bonchev–Trinajstić information content (AvgIpc) is 2.87. The molecule has 4 nitrogen and oxygen atoms in total. The second-order valence-electron chi connectivity index (χ2n) is 4.50. The Kier molecular flexibility index (Phi) is 3.96. The number of aryl methyl sites for hydroxylation is 2. The van der Waals surface area contributed by atoms with E-state index in [0.717, 1.165) is 31.8 Å². The van der Waals surface area contributed by atoms with Gasteiger partial charge in [0, 0.05) is 18.8 Å². The van der Waals surface area contributed by atoms with E-state index in [0.29, 0.717) is 6.10 Å². The first kappa shape index (κ1) is 11.6. The summed E-state index contributed by atoms with van der Waals surface area (Å²) in [5, 5.41) is 10.7. The Morgan fingerprint density at radius 2 is 2.38 bits per heavy atom. The molecular weight excluding hydrogens is 202 g/mol. The maximum atomic E-state index is 5.56. The average molecular weight is 223 g/mol. The van der Waals surface area contributed by atoms with E-state index in [-0.39, 0.29) is 0 Å². The van der Waals surface area contributed by atoms with Crippen LogP contribution < -0.4 is 5.32 Å². The van der Waals surface area contributed by atoms with Crippen molar-refractivity contribution in [2.24, 2.45) is 0 Å². The van der Waals surface area contributed by atoms with Gasteiger partial charge in [-0.3, -0.25) is 5.10 Å². The predicted molar refractivity (Wildman–Crippen MR) is 63.6 cm³/mol. The van der Waals surface area contributed by atoms with Gasteiger partial charge >= 0.3 is 0 Å². The minimum absolute atomic E-state index is 0.437. The molecule has 0 aliphatic carbocycles. The van der Waals surface area contributed by atoms with Gasteiger partial charge in [-0.05, 0) is 45.2 Å². The Balaban J connectivity index is 1.67. The highest BCUT2D eigenvalue weighted by molar-refractivity contribution is 5.23. The molecule has 1 aliphatic rings. The van der Waals surface area contributed by atoms with Crippen molar-refractivity contribution in [2.45, 2.75) is 39.2 Å². The van der Waals surface area contributed by atoms with Crippen molar-refractivity contribution >= 4 is 0 Å². The van der Waals surface area contributed by atoms with Crippen LogP contribution in [0.2, 0.25) is 0 Å². The van der Waals surface area contributed by atoms with Crippen molar-refractivity contribution in [3.8, 4) is 0 Å². The van der Waals surface area contributed by atoms with E-state index < -0.39 is 0 Å². The fraction of sp³-hybridized carbons (Fsp3) is 0.750. The second kappa shape index (κ2) is 5.46. The first-order valence-corrected chi connectivity index (χ1v) is 6.10. The molecule has 1 saturated heterocycles. The summed E-state index contributed by atoms with van der Waals surface area (Å²) < 4.78 is 5.56. The van der Waals surface area contributed by atoms with Gasteiger partial charge < -0.3 is 10.1 Å². The summed E-state index contributed by atoms with van der Waals surface area (Å²) in [5.41, 5.74) is 3.66. The molecule has 1 aliphatic heterocycles. The van der Waals surface area contributed by atoms with Gasteiger partial charge in [0.25, 0.3) is 0 Å². The van der Waals surface area contributed by atoms with Gasteiger partial charge in [-0.25, -0.2) is 0 Å². The lowest BCUT2D eigenvalue weighted by atomic mass is 10.1. The number of aromatic nitrogens is 2. The molecule has 2 N–H and O–H groups in total. The molecule has 1 fully saturated rings. The summed E-state index contributed by atoms with van der Waals surface area (Å²) in [6.07, 6.45) is 3.90. The third-order valence-electron chi connectivity index (χ3n) is 3.23. The molecule has 1 atom stereocenters. The van der Waals surface area contributed by atoms with Crippen molar-refractivity contribution in [3.05, 3.63) is 17.0 Å². The largest absolute Gasteiger partial charge is 0.377 e. The monoisotopic (exact) mass is 223 g/mol. The summed E-state index contributed by atoms with van der Waals surface area (Å²) in [7, 11) is 0. The number of H-pyrrole nitrogens is 1. The molecular formula is C12H21N3O. The van der Waals surface area contributed by atoms with E-state index in [9.17, 15) is 0 Å². The summed E-state index contributed by atoms with van der Waals surface area (Å²) in [5.74, 6) is 0. The number of aromatic amines is 1. The number of hydrogen-bond acceptors (Lipinski definition) is 3. The topological polar surface area (TPSA) is 49.9 Å². The number of hydrogen-bond donors (Lipinski definition) is 2. The van der Waals surface area contributed by atoms with E-state index >= 15 is 0 Å². The smallest absolute Gasteiger partial charge is 0.0700 e. The van der Waals surface area contributed by atoms with Crippen LogP contribution in [0.15, 0.2) is 0 Å². The maximum absolute atomic E-state index is 5.56. The predicted octanol–water partition coefficient (Wildman–Crippen LogP) is 1.34. The molecule has 0 spiro atoms. The Labute approximate surface area is 96.8 Å². The quantitative estimate of drug-likeness (QED) is 0.741. The van der Waals surface area contributed by atoms with Crippen LogP contribution >= 0.6 is 0 Å². The molecule has 0 saturated carbocycles. The van der Waals surface area contributed by atoms with E-state index in [1.807, 2.05) is 0 Å². The van der Waals surface area contributed by atoms with Crippen LogP contribution in [0.3, 0.4) is 0 Å². The third kappa shape index (κ3) is 2.83. The zero-order chi connectivity index (χ0) is 11.4. The van der Waals surface area contributed by atoms with Crippen molar-refractivity contribution in [2.75, 3.05) is 19.7 Å². The lowest BCUT2D eigenvalue weighted by Crippen LogP contribution is -2.28. The molecule has 0 aromatic carbocycles. The van der Waals surface area contributed by atoms with Gasteiger partial charge in [0.15, 0.2) is 0 Å². The zero-order valence-corrected chi connectivity index (χ0v) is 10.2. The highest BCUT2D eigenvalue weighted by atomic mass is 16.5. The Morgan fingerprint density at radius 1 is 1.50 bits per heavy atom. The van der Waals surface area contributed by atoms with Crippen LogP contribution in [0.1, 0.15) is 29.8 Å². The van der Waals surface area contributed by atoms with Gasteiger partial charge in [-0.15, -0.1) is 0 Å². The first-order valence-electron chi connectivity index (χ1n) is 6.10. The Morgan fingerprint density at radius 3 is 3.00 bits per heavy atom. The molecule has 0 bridgehead atoms. The van der Waals surface area contributed by atoms with Gasteiger partial charge in [0.2, 0.25) is 0 Å². The van der Waals surface area contributed by atoms with Gasteiger partial charge in [-0.1, -0.05) is 0 Å². The normalized spacial score (nSPS) is 20.5. The molecule has 0 amide bonds. The lowest BCUT2D eigenvalue weighted by molar-refractivity contribution is 0.110. The fourth-order valence-electron chi connectivity index (χ4n) is 2.22. The molecule has 0 radical (unpaired) electrons. The van der Waals surface area contributed by atoms with E-state index in [1.54, 1.807) is 0 Å². The minimum Gasteiger partial charge on any atom is -0.377 e. The standard InChI is InChI=1S/C12H21N3O/c1-9-12(10(2)15-14-9)5-6-13-8-11-4-3-7-16-11/h11,13H,3-8H2,1-2H3,(H,14,15). The van der Waals surface area contributed by atoms with E-state index in [1.165, 1.54) is 24.1 Å². The van der Waals surface area contributed by atoms with Crippen molar-refractivity contribution in [1.82, 2.24) is 15.5 Å². The molecule has 1 aromatic rings. The van der Waals surface area contributed by atoms with E-state index in [2.05, 4.69) is 29.4 Å². The summed E-state index contributed by atoms with van der Waals surface area (Å²) in [6.45, 7) is 7.05. The minimum atomic E-state index is 0.437. The van der Waals surface area contributed by atoms with Crippen LogP contribution in [0, 0.1) is 13.8 Å². The number of ether oxygens (including phenoxy) is 1. The highest BCUT2D eigenvalue weighted by Crippen LogP contribution is 2.11. The molecule has 4 heteroatoms. The Hall–Kier alpha value is -0.870. The Bertz CT molecular complexity index is 310. The van der Waals surface area contributed by atoms with Crippen molar-refractivity contribution < 1.29 is 4.74 Å². The first-order chi connectivity index (χ1) is 7.77. The molecule has 90 valence electrons. The fourth-order valence-corrected chi connectivity index (χ4v) is 2.22. The zero-order valence-electron chi connectivity index (χ0n) is 10.2. The van der Waals surface area contributed by atoms with Gasteiger partial charge in [0.1, 0.15) is 0 Å². The van der Waals surface area contributed by atoms with Crippen molar-refractivity contribution in [3.63, 3.8) is 0 Å². The van der Waals surface area contributed by atoms with Crippen LogP contribution in [0.4, 0.5) is 0 Å². The molecule has 1 aromatic heterocycles. The van der Waals surface area contributed by atoms with Crippen LogP contribution in [0.5, 0.6) is 0 Å². The number of nitrogens with one attached hydrogen (secondary N) is 2. The van der Waals surface area contributed by atoms with Crippen LogP contribution in [0.25, 0.3) is 0 Å². The van der Waals surface area contributed by atoms with Gasteiger partial charge in [0.05, 0.1) is 11.8 Å². The highest BCUT2D eigenvalue weighted by Gasteiger charge is 2.14. The summed E-state index contributed by atoms with van der Waals surface area (Å²) in [6, 6.07) is 0. The number of nitrogens with zero attached hydrogens (tertiary/aromatic N) is 1. The summed E-state index contributed by atoms with van der Waals surface area (Å²) in [4.78, 5) is 0. The number of rotatable bonds is 5. The van der Waals surface area contributed by atoms with E-state index in [4.69, 9.17) is 4.74 Å². The SMILES string of the molecule is Cc1n[nH]c(C)c1CCNCC1CCCO1.